The summed E-state index contributed by atoms with van der Waals surface area (Å²) >= 11 is 0. The van der Waals surface area contributed by atoms with Gasteiger partial charge in [-0.3, -0.25) is 9.59 Å². The van der Waals surface area contributed by atoms with E-state index >= 15 is 0 Å². The number of ether oxygens (including phenoxy) is 2. The zero-order valence-electron chi connectivity index (χ0n) is 26.2. The molecule has 0 aromatic heterocycles. The monoisotopic (exact) mass is 586 g/mol. The lowest BCUT2D eigenvalue weighted by molar-refractivity contribution is -0.145. The van der Waals surface area contributed by atoms with Gasteiger partial charge in [0.05, 0.1) is 11.8 Å². The van der Waals surface area contributed by atoms with Crippen LogP contribution in [0.3, 0.4) is 0 Å². The third-order valence-electron chi connectivity index (χ3n) is 7.90. The fourth-order valence-electron chi connectivity index (χ4n) is 5.55. The average molecular weight is 587 g/mol. The van der Waals surface area contributed by atoms with Gasteiger partial charge in [-0.1, -0.05) is 149 Å². The number of esters is 2. The van der Waals surface area contributed by atoms with E-state index < -0.39 is 11.8 Å². The second-order valence-corrected chi connectivity index (χ2v) is 10.6. The van der Waals surface area contributed by atoms with Crippen LogP contribution in [-0.4, -0.2) is 11.9 Å². The summed E-state index contributed by atoms with van der Waals surface area (Å²) in [6.07, 6.45) is 2.23. The lowest BCUT2D eigenvalue weighted by Gasteiger charge is -2.24. The maximum Gasteiger partial charge on any atom is 0.318 e. The van der Waals surface area contributed by atoms with E-state index in [9.17, 15) is 9.59 Å². The Balaban J connectivity index is 1.94. The van der Waals surface area contributed by atoms with Gasteiger partial charge < -0.3 is 9.47 Å². The Morgan fingerprint density at radius 3 is 1.05 bits per heavy atom. The fourth-order valence-corrected chi connectivity index (χ4v) is 5.55. The van der Waals surface area contributed by atoms with Crippen LogP contribution in [0.1, 0.15) is 87.5 Å². The predicted molar refractivity (Wildman–Crippen MR) is 178 cm³/mol. The van der Waals surface area contributed by atoms with Crippen LogP contribution in [0, 0.1) is 0 Å². The summed E-state index contributed by atoms with van der Waals surface area (Å²) in [5, 5.41) is 0. The second-order valence-electron chi connectivity index (χ2n) is 10.6. The number of carbonyl (C=O) groups is 2. The van der Waals surface area contributed by atoms with Crippen molar-refractivity contribution in [3.05, 3.63) is 155 Å². The van der Waals surface area contributed by atoms with Crippen molar-refractivity contribution >= 4 is 23.1 Å². The molecule has 0 saturated carbocycles. The highest BCUT2D eigenvalue weighted by molar-refractivity contribution is 5.87. The van der Waals surface area contributed by atoms with E-state index in [4.69, 9.17) is 9.47 Å². The summed E-state index contributed by atoms with van der Waals surface area (Å²) in [7, 11) is 0. The van der Waals surface area contributed by atoms with Crippen LogP contribution in [0.25, 0.3) is 11.1 Å². The van der Waals surface area contributed by atoms with Crippen LogP contribution in [0.15, 0.2) is 133 Å². The molecular formula is C40H42O4. The van der Waals surface area contributed by atoms with Crippen molar-refractivity contribution in [1.82, 2.24) is 0 Å². The van der Waals surface area contributed by atoms with Crippen molar-refractivity contribution in [3.8, 4) is 0 Å². The molecular weight excluding hydrogens is 544 g/mol. The average Bonchev–Trinajstić information content (AvgIpc) is 3.07. The van der Waals surface area contributed by atoms with Crippen LogP contribution in [0.4, 0.5) is 0 Å². The Morgan fingerprint density at radius 1 is 0.477 bits per heavy atom. The van der Waals surface area contributed by atoms with Crippen LogP contribution in [-0.2, 0) is 19.1 Å². The van der Waals surface area contributed by atoms with E-state index in [1.165, 1.54) is 0 Å². The van der Waals surface area contributed by atoms with E-state index in [1.807, 2.05) is 149 Å². The SMILES string of the molecule is CC/C(=C(OC(=O)C(CC)c1ccccc1)/C(OC(=O)C(CC)c1ccccc1)=C(/CC)c1ccccc1)c1ccccc1. The predicted octanol–water partition coefficient (Wildman–Crippen LogP) is 10.1. The molecule has 0 bridgehead atoms. The lowest BCUT2D eigenvalue weighted by Crippen LogP contribution is -2.21. The zero-order chi connectivity index (χ0) is 31.3. The van der Waals surface area contributed by atoms with Gasteiger partial charge in [0.1, 0.15) is 0 Å². The molecule has 0 aliphatic heterocycles. The van der Waals surface area contributed by atoms with Gasteiger partial charge in [0.25, 0.3) is 0 Å². The van der Waals surface area contributed by atoms with Gasteiger partial charge in [-0.25, -0.2) is 0 Å². The highest BCUT2D eigenvalue weighted by Crippen LogP contribution is 2.37. The summed E-state index contributed by atoms with van der Waals surface area (Å²) in [5.74, 6) is -1.16. The number of hydrogen-bond donors (Lipinski definition) is 0. The molecule has 0 aliphatic rings. The molecule has 4 nitrogen and oxygen atoms in total. The molecule has 4 heteroatoms. The second kappa shape index (κ2) is 16.2. The molecule has 0 saturated heterocycles. The first-order valence-corrected chi connectivity index (χ1v) is 15.6. The van der Waals surface area contributed by atoms with Crippen LogP contribution >= 0.6 is 0 Å². The Labute approximate surface area is 262 Å². The summed E-state index contributed by atoms with van der Waals surface area (Å²) in [5.41, 5.74) is 5.15. The van der Waals surface area contributed by atoms with Crippen molar-refractivity contribution in [2.24, 2.45) is 0 Å². The molecule has 4 aromatic rings. The lowest BCUT2D eigenvalue weighted by atomic mass is 9.94. The number of rotatable bonds is 13. The van der Waals surface area contributed by atoms with Gasteiger partial charge in [0.2, 0.25) is 0 Å². The van der Waals surface area contributed by atoms with Crippen LogP contribution < -0.4 is 0 Å². The van der Waals surface area contributed by atoms with Crippen LogP contribution in [0.5, 0.6) is 0 Å². The number of carbonyl (C=O) groups excluding carboxylic acids is 2. The minimum atomic E-state index is -0.480. The molecule has 226 valence electrons. The molecule has 0 spiro atoms. The van der Waals surface area contributed by atoms with Gasteiger partial charge in [-0.2, -0.15) is 0 Å². The van der Waals surface area contributed by atoms with E-state index in [0.29, 0.717) is 25.7 Å². The van der Waals surface area contributed by atoms with Crippen molar-refractivity contribution in [2.45, 2.75) is 65.2 Å². The molecule has 0 heterocycles. The summed E-state index contributed by atoms with van der Waals surface area (Å²) in [6, 6.07) is 39.1. The van der Waals surface area contributed by atoms with Crippen molar-refractivity contribution < 1.29 is 19.1 Å². The van der Waals surface area contributed by atoms with Gasteiger partial charge >= 0.3 is 11.9 Å². The minimum absolute atomic E-state index is 0.287. The summed E-state index contributed by atoms with van der Waals surface area (Å²) in [4.78, 5) is 28.1. The van der Waals surface area contributed by atoms with E-state index in [-0.39, 0.29) is 23.5 Å². The molecule has 4 rings (SSSR count). The first-order valence-electron chi connectivity index (χ1n) is 15.6. The maximum absolute atomic E-state index is 14.1. The standard InChI is InChI=1S/C40H42O4/c1-5-33(29-21-13-9-14-22-29)37(43-39(41)35(7-3)31-25-17-11-18-26-31)38(34(6-2)30-23-15-10-16-24-30)44-40(42)36(8-4)32-27-19-12-20-28-32/h9-28,35-36H,5-8H2,1-4H3/b37-33+,38-34+. The Morgan fingerprint density at radius 2 is 0.773 bits per heavy atom. The van der Waals surface area contributed by atoms with Gasteiger partial charge in [0, 0.05) is 11.1 Å². The molecule has 2 atom stereocenters. The Hall–Kier alpha value is -4.70. The molecule has 2 unspecified atom stereocenters. The first-order chi connectivity index (χ1) is 21.5. The maximum atomic E-state index is 14.1. The fraction of sp³-hybridized carbons (Fsp3) is 0.250. The van der Waals surface area contributed by atoms with Crippen molar-refractivity contribution in [3.63, 3.8) is 0 Å². The Bertz CT molecular complexity index is 1430. The summed E-state index contributed by atoms with van der Waals surface area (Å²) in [6.45, 7) is 8.00. The number of allylic oxidation sites excluding steroid dienone is 2. The summed E-state index contributed by atoms with van der Waals surface area (Å²) < 4.78 is 12.9. The molecule has 0 radical (unpaired) electrons. The van der Waals surface area contributed by atoms with Crippen molar-refractivity contribution in [1.29, 1.82) is 0 Å². The highest BCUT2D eigenvalue weighted by Gasteiger charge is 2.31. The van der Waals surface area contributed by atoms with Crippen molar-refractivity contribution in [2.75, 3.05) is 0 Å². The molecule has 0 fully saturated rings. The topological polar surface area (TPSA) is 52.6 Å². The number of hydrogen-bond acceptors (Lipinski definition) is 4. The zero-order valence-corrected chi connectivity index (χ0v) is 26.2. The minimum Gasteiger partial charge on any atom is -0.422 e. The number of benzene rings is 4. The van der Waals surface area contributed by atoms with Gasteiger partial charge in [-0.15, -0.1) is 0 Å². The molecule has 0 aliphatic carbocycles. The quantitative estimate of drug-likeness (QED) is 0.0889. The van der Waals surface area contributed by atoms with Gasteiger partial charge in [-0.05, 0) is 47.9 Å². The third-order valence-corrected chi connectivity index (χ3v) is 7.90. The normalized spacial score (nSPS) is 13.6. The molecule has 0 N–H and O–H groups in total. The largest absolute Gasteiger partial charge is 0.422 e. The van der Waals surface area contributed by atoms with E-state index in [1.54, 1.807) is 0 Å². The van der Waals surface area contributed by atoms with Crippen LogP contribution in [0.2, 0.25) is 0 Å². The van der Waals surface area contributed by atoms with Gasteiger partial charge in [0.15, 0.2) is 11.5 Å². The molecule has 0 amide bonds. The third kappa shape index (κ3) is 7.82. The highest BCUT2D eigenvalue weighted by atomic mass is 16.6. The molecule has 4 aromatic carbocycles. The Kier molecular flexibility index (Phi) is 11.9. The van der Waals surface area contributed by atoms with E-state index in [2.05, 4.69) is 0 Å². The molecule has 44 heavy (non-hydrogen) atoms. The first kappa shape index (κ1) is 32.2. The smallest absolute Gasteiger partial charge is 0.318 e. The van der Waals surface area contributed by atoms with E-state index in [0.717, 1.165) is 33.4 Å².